The zero-order valence-electron chi connectivity index (χ0n) is 10.9. The second kappa shape index (κ2) is 4.58. The van der Waals surface area contributed by atoms with E-state index < -0.39 is 18.1 Å². The number of aryl methyl sites for hydroxylation is 1. The Morgan fingerprint density at radius 1 is 1.58 bits per heavy atom. The molecule has 2 saturated heterocycles. The number of aliphatic hydroxyl groups excluding tert-OH is 1. The number of carbonyl (C=O) groups excluding carboxylic acids is 1. The molecule has 3 heterocycles. The van der Waals surface area contributed by atoms with E-state index in [4.69, 9.17) is 9.47 Å². The fourth-order valence-electron chi connectivity index (χ4n) is 3.32. The summed E-state index contributed by atoms with van der Waals surface area (Å²) in [5.41, 5.74) is 1.94. The Hall–Kier alpha value is -1.46. The summed E-state index contributed by atoms with van der Waals surface area (Å²) in [4.78, 5) is 16.2. The maximum atomic E-state index is 12.0. The van der Waals surface area contributed by atoms with E-state index in [0.717, 1.165) is 11.3 Å². The van der Waals surface area contributed by atoms with Crippen molar-refractivity contribution in [2.24, 2.45) is 5.92 Å². The van der Waals surface area contributed by atoms with Gasteiger partial charge in [0.15, 0.2) is 0 Å². The van der Waals surface area contributed by atoms with Gasteiger partial charge in [0.2, 0.25) is 0 Å². The molecule has 2 fully saturated rings. The van der Waals surface area contributed by atoms with Crippen LogP contribution in [0.1, 0.15) is 23.6 Å². The molecular weight excluding hydrogens is 246 g/mol. The molecule has 2 aliphatic rings. The zero-order valence-corrected chi connectivity index (χ0v) is 10.9. The third-order valence-corrected chi connectivity index (χ3v) is 4.11. The second-order valence-electron chi connectivity index (χ2n) is 5.25. The Balaban J connectivity index is 1.97. The topological polar surface area (TPSA) is 68.7 Å². The normalized spacial score (nSPS) is 36.5. The Kier molecular flexibility index (Phi) is 3.03. The Labute approximate surface area is 111 Å². The maximum absolute atomic E-state index is 12.0. The molecule has 5 nitrogen and oxygen atoms in total. The van der Waals surface area contributed by atoms with E-state index in [1.54, 1.807) is 6.20 Å². The van der Waals surface area contributed by atoms with Crippen LogP contribution in [0.4, 0.5) is 0 Å². The average molecular weight is 263 g/mol. The van der Waals surface area contributed by atoms with Crippen LogP contribution in [0.25, 0.3) is 0 Å². The Morgan fingerprint density at radius 3 is 3.05 bits per heavy atom. The first-order valence-electron chi connectivity index (χ1n) is 6.45. The fraction of sp³-hybridized carbons (Fsp3) is 0.571. The predicted molar refractivity (Wildman–Crippen MR) is 66.5 cm³/mol. The van der Waals surface area contributed by atoms with Gasteiger partial charge in [-0.2, -0.15) is 0 Å². The Morgan fingerprint density at radius 2 is 2.37 bits per heavy atom. The van der Waals surface area contributed by atoms with Crippen LogP contribution in [0.2, 0.25) is 0 Å². The molecule has 0 aliphatic carbocycles. The molecule has 0 spiro atoms. The summed E-state index contributed by atoms with van der Waals surface area (Å²) in [5, 5.41) is 9.91. The van der Waals surface area contributed by atoms with Crippen molar-refractivity contribution >= 4 is 5.97 Å². The van der Waals surface area contributed by atoms with Crippen LogP contribution < -0.4 is 0 Å². The number of ether oxygens (including phenoxy) is 2. The van der Waals surface area contributed by atoms with Crippen molar-refractivity contribution in [2.75, 3.05) is 7.11 Å². The summed E-state index contributed by atoms with van der Waals surface area (Å²) in [5.74, 6) is -0.797. The highest BCUT2D eigenvalue weighted by atomic mass is 16.5. The molecule has 5 atom stereocenters. The molecule has 0 unspecified atom stereocenters. The minimum absolute atomic E-state index is 0.0532. The lowest BCUT2D eigenvalue weighted by atomic mass is 9.74. The smallest absolute Gasteiger partial charge is 0.312 e. The molecule has 19 heavy (non-hydrogen) atoms. The van der Waals surface area contributed by atoms with Crippen LogP contribution in [0.15, 0.2) is 18.3 Å². The Bertz CT molecular complexity index is 504. The van der Waals surface area contributed by atoms with Gasteiger partial charge < -0.3 is 14.6 Å². The van der Waals surface area contributed by atoms with Crippen LogP contribution >= 0.6 is 0 Å². The summed E-state index contributed by atoms with van der Waals surface area (Å²) < 4.78 is 10.6. The van der Waals surface area contributed by atoms with E-state index >= 15 is 0 Å². The van der Waals surface area contributed by atoms with Gasteiger partial charge in [0.25, 0.3) is 0 Å². The molecule has 1 aromatic heterocycles. The fourth-order valence-corrected chi connectivity index (χ4v) is 3.32. The zero-order chi connectivity index (χ0) is 13.6. The van der Waals surface area contributed by atoms with Crippen LogP contribution in [0, 0.1) is 12.8 Å². The lowest BCUT2D eigenvalue weighted by Gasteiger charge is -2.29. The predicted octanol–water partition coefficient (Wildman–Crippen LogP) is 0.795. The van der Waals surface area contributed by atoms with Crippen LogP contribution in [-0.2, 0) is 14.3 Å². The average Bonchev–Trinajstić information content (AvgIpc) is 2.94. The lowest BCUT2D eigenvalue weighted by molar-refractivity contribution is -0.149. The van der Waals surface area contributed by atoms with Crippen molar-refractivity contribution in [3.63, 3.8) is 0 Å². The number of carbonyl (C=O) groups is 1. The number of esters is 1. The highest BCUT2D eigenvalue weighted by molar-refractivity contribution is 5.75. The molecule has 0 aromatic carbocycles. The molecular formula is C14H17NO4. The molecule has 102 valence electrons. The van der Waals surface area contributed by atoms with E-state index in [1.165, 1.54) is 7.11 Å². The number of aromatic nitrogens is 1. The second-order valence-corrected chi connectivity index (χ2v) is 5.25. The van der Waals surface area contributed by atoms with Crippen molar-refractivity contribution < 1.29 is 19.4 Å². The van der Waals surface area contributed by atoms with Crippen molar-refractivity contribution in [2.45, 2.75) is 37.6 Å². The largest absolute Gasteiger partial charge is 0.469 e. The number of rotatable bonds is 2. The van der Waals surface area contributed by atoms with Gasteiger partial charge in [-0.15, -0.1) is 0 Å². The summed E-state index contributed by atoms with van der Waals surface area (Å²) >= 11 is 0. The van der Waals surface area contributed by atoms with E-state index in [1.807, 2.05) is 19.1 Å². The first-order chi connectivity index (χ1) is 9.11. The monoisotopic (exact) mass is 263 g/mol. The number of pyridine rings is 1. The minimum Gasteiger partial charge on any atom is -0.469 e. The van der Waals surface area contributed by atoms with Crippen molar-refractivity contribution in [1.82, 2.24) is 4.98 Å². The van der Waals surface area contributed by atoms with Crippen LogP contribution in [0.3, 0.4) is 0 Å². The number of hydrogen-bond donors (Lipinski definition) is 1. The van der Waals surface area contributed by atoms with Gasteiger partial charge in [0, 0.05) is 24.2 Å². The highest BCUT2D eigenvalue weighted by Gasteiger charge is 2.57. The maximum Gasteiger partial charge on any atom is 0.312 e. The van der Waals surface area contributed by atoms with Crippen molar-refractivity contribution in [1.29, 1.82) is 0 Å². The van der Waals surface area contributed by atoms with Gasteiger partial charge in [0.1, 0.15) is 0 Å². The quantitative estimate of drug-likeness (QED) is 0.799. The van der Waals surface area contributed by atoms with Crippen LogP contribution in [0.5, 0.6) is 0 Å². The first kappa shape index (κ1) is 12.6. The van der Waals surface area contributed by atoms with Gasteiger partial charge in [0.05, 0.1) is 31.3 Å². The molecule has 0 saturated carbocycles. The molecule has 0 amide bonds. The number of nitrogens with zero attached hydrogens (tertiary/aromatic N) is 1. The molecule has 2 bridgehead atoms. The standard InChI is InChI=1S/C14H17NO4/c1-7-5-8(3-4-15-7)11-10-6-9(16)13(19-10)12(11)14(17)18-2/h3-5,9-13,16H,6H2,1-2H3/t9-,10+,11+,12-,13-/m1/s1. The van der Waals surface area contributed by atoms with E-state index in [9.17, 15) is 9.90 Å². The van der Waals surface area contributed by atoms with Gasteiger partial charge in [-0.3, -0.25) is 9.78 Å². The summed E-state index contributed by atoms with van der Waals surface area (Å²) in [7, 11) is 1.37. The third kappa shape index (κ3) is 1.93. The lowest BCUT2D eigenvalue weighted by Crippen LogP contribution is -2.40. The van der Waals surface area contributed by atoms with Gasteiger partial charge in [-0.05, 0) is 24.6 Å². The summed E-state index contributed by atoms with van der Waals surface area (Å²) in [6.45, 7) is 1.92. The third-order valence-electron chi connectivity index (χ3n) is 4.11. The molecule has 3 rings (SSSR count). The molecule has 2 aliphatic heterocycles. The number of fused-ring (bicyclic) bond motifs is 2. The first-order valence-corrected chi connectivity index (χ1v) is 6.45. The molecule has 5 heteroatoms. The van der Waals surface area contributed by atoms with E-state index in [-0.39, 0.29) is 18.0 Å². The molecule has 0 radical (unpaired) electrons. The van der Waals surface area contributed by atoms with Gasteiger partial charge in [-0.1, -0.05) is 0 Å². The van der Waals surface area contributed by atoms with E-state index in [2.05, 4.69) is 4.98 Å². The SMILES string of the molecule is COC(=O)[C@H]1[C@@H]2O[C@@H](C[C@H]2O)[C@@H]1c1ccnc(C)c1. The van der Waals surface area contributed by atoms with Gasteiger partial charge >= 0.3 is 5.97 Å². The summed E-state index contributed by atoms with van der Waals surface area (Å²) in [6, 6.07) is 3.88. The molecule has 1 aromatic rings. The summed E-state index contributed by atoms with van der Waals surface area (Å²) in [6.07, 6.45) is 1.17. The molecule has 1 N–H and O–H groups in total. The van der Waals surface area contributed by atoms with Crippen LogP contribution in [-0.4, -0.2) is 41.5 Å². The highest BCUT2D eigenvalue weighted by Crippen LogP contribution is 2.49. The van der Waals surface area contributed by atoms with Gasteiger partial charge in [-0.25, -0.2) is 0 Å². The number of hydrogen-bond acceptors (Lipinski definition) is 5. The number of methoxy groups -OCH3 is 1. The van der Waals surface area contributed by atoms with Crippen molar-refractivity contribution in [3.05, 3.63) is 29.6 Å². The number of aliphatic hydroxyl groups is 1. The van der Waals surface area contributed by atoms with E-state index in [0.29, 0.717) is 6.42 Å². The van der Waals surface area contributed by atoms with Crippen molar-refractivity contribution in [3.8, 4) is 0 Å². The minimum atomic E-state index is -0.576.